The molecule has 0 heterocycles. The minimum Gasteiger partial charge on any atom is -0.380 e. The Balaban J connectivity index is 1.73. The second-order valence-electron chi connectivity index (χ2n) is 4.97. The molecule has 1 N–H and O–H groups in total. The Morgan fingerprint density at radius 3 is 3.00 bits per heavy atom. The zero-order chi connectivity index (χ0) is 11.1. The maximum absolute atomic E-state index is 6.22. The van der Waals surface area contributed by atoms with Crippen molar-refractivity contribution in [3.63, 3.8) is 0 Å². The van der Waals surface area contributed by atoms with E-state index in [4.69, 9.17) is 11.6 Å². The fourth-order valence-electron chi connectivity index (χ4n) is 2.82. The van der Waals surface area contributed by atoms with Crippen LogP contribution in [0.15, 0.2) is 30.4 Å². The second kappa shape index (κ2) is 3.81. The average Bonchev–Trinajstić information content (AvgIpc) is 2.59. The lowest BCUT2D eigenvalue weighted by atomic mass is 9.71. The first-order valence-corrected chi connectivity index (χ1v) is 6.31. The number of allylic oxidation sites excluding steroid dienone is 1. The standard InChI is InChI=1S/C14H16ClN/c1-9-5-6-13(12(15)7-9)16-14-8-10-3-2-4-11(10)14/h2,4-7,10-11,14,16H,3,8H2,1H3. The Hall–Kier alpha value is -0.950. The predicted molar refractivity (Wildman–Crippen MR) is 69.0 cm³/mol. The molecule has 3 unspecified atom stereocenters. The summed E-state index contributed by atoms with van der Waals surface area (Å²) >= 11 is 6.22. The van der Waals surface area contributed by atoms with E-state index in [1.807, 2.05) is 6.07 Å². The Morgan fingerprint density at radius 2 is 2.25 bits per heavy atom. The van der Waals surface area contributed by atoms with Gasteiger partial charge in [0.15, 0.2) is 0 Å². The van der Waals surface area contributed by atoms with Crippen LogP contribution in [-0.4, -0.2) is 6.04 Å². The van der Waals surface area contributed by atoms with Gasteiger partial charge in [0.2, 0.25) is 0 Å². The zero-order valence-electron chi connectivity index (χ0n) is 9.41. The summed E-state index contributed by atoms with van der Waals surface area (Å²) in [7, 11) is 0. The van der Waals surface area contributed by atoms with Gasteiger partial charge in [-0.3, -0.25) is 0 Å². The van der Waals surface area contributed by atoms with E-state index < -0.39 is 0 Å². The van der Waals surface area contributed by atoms with Crippen molar-refractivity contribution < 1.29 is 0 Å². The van der Waals surface area contributed by atoms with E-state index >= 15 is 0 Å². The largest absolute Gasteiger partial charge is 0.380 e. The van der Waals surface area contributed by atoms with Crippen molar-refractivity contribution in [2.75, 3.05) is 5.32 Å². The minimum absolute atomic E-state index is 0.587. The summed E-state index contributed by atoms with van der Waals surface area (Å²) in [6.07, 6.45) is 7.22. The van der Waals surface area contributed by atoms with Crippen LogP contribution in [0.5, 0.6) is 0 Å². The summed E-state index contributed by atoms with van der Waals surface area (Å²) in [5.41, 5.74) is 2.29. The summed E-state index contributed by atoms with van der Waals surface area (Å²) in [4.78, 5) is 0. The van der Waals surface area contributed by atoms with Crippen LogP contribution in [-0.2, 0) is 0 Å². The highest BCUT2D eigenvalue weighted by molar-refractivity contribution is 6.33. The Labute approximate surface area is 102 Å². The SMILES string of the molecule is Cc1ccc(NC2CC3CC=CC32)c(Cl)c1. The molecule has 1 fully saturated rings. The highest BCUT2D eigenvalue weighted by Gasteiger charge is 2.40. The van der Waals surface area contributed by atoms with Gasteiger partial charge < -0.3 is 5.32 Å². The van der Waals surface area contributed by atoms with E-state index in [0.29, 0.717) is 6.04 Å². The molecule has 0 spiro atoms. The summed E-state index contributed by atoms with van der Waals surface area (Å²) in [5.74, 6) is 1.62. The van der Waals surface area contributed by atoms with Crippen molar-refractivity contribution in [3.05, 3.63) is 40.9 Å². The fraction of sp³-hybridized carbons (Fsp3) is 0.429. The number of hydrogen-bond acceptors (Lipinski definition) is 1. The van der Waals surface area contributed by atoms with Gasteiger partial charge in [-0.25, -0.2) is 0 Å². The molecule has 1 aromatic rings. The van der Waals surface area contributed by atoms with E-state index in [0.717, 1.165) is 22.5 Å². The topological polar surface area (TPSA) is 12.0 Å². The lowest BCUT2D eigenvalue weighted by molar-refractivity contribution is 0.218. The van der Waals surface area contributed by atoms with Crippen LogP contribution in [0.4, 0.5) is 5.69 Å². The van der Waals surface area contributed by atoms with E-state index in [-0.39, 0.29) is 0 Å². The highest BCUT2D eigenvalue weighted by atomic mass is 35.5. The van der Waals surface area contributed by atoms with Crippen LogP contribution in [0, 0.1) is 18.8 Å². The van der Waals surface area contributed by atoms with Gasteiger partial charge in [-0.2, -0.15) is 0 Å². The van der Waals surface area contributed by atoms with Crippen molar-refractivity contribution in [3.8, 4) is 0 Å². The number of fused-ring (bicyclic) bond motifs is 1. The lowest BCUT2D eigenvalue weighted by Gasteiger charge is -2.41. The summed E-state index contributed by atoms with van der Waals surface area (Å²) in [5, 5.41) is 4.40. The van der Waals surface area contributed by atoms with Gasteiger partial charge in [0.05, 0.1) is 10.7 Å². The summed E-state index contributed by atoms with van der Waals surface area (Å²) in [6.45, 7) is 2.06. The molecule has 1 aromatic carbocycles. The van der Waals surface area contributed by atoms with Crippen molar-refractivity contribution in [2.45, 2.75) is 25.8 Å². The number of anilines is 1. The molecule has 1 nitrogen and oxygen atoms in total. The normalized spacial score (nSPS) is 31.0. The van der Waals surface area contributed by atoms with Crippen LogP contribution >= 0.6 is 11.6 Å². The molecule has 2 aliphatic carbocycles. The number of nitrogens with one attached hydrogen (secondary N) is 1. The minimum atomic E-state index is 0.587. The van der Waals surface area contributed by atoms with Crippen molar-refractivity contribution in [1.29, 1.82) is 0 Å². The number of benzene rings is 1. The number of rotatable bonds is 2. The first-order valence-electron chi connectivity index (χ1n) is 5.93. The lowest BCUT2D eigenvalue weighted by Crippen LogP contribution is -2.43. The van der Waals surface area contributed by atoms with E-state index in [2.05, 4.69) is 36.5 Å². The molecule has 0 aliphatic heterocycles. The van der Waals surface area contributed by atoms with Gasteiger partial charge in [-0.1, -0.05) is 29.8 Å². The molecular formula is C14H16ClN. The molecular weight excluding hydrogens is 218 g/mol. The van der Waals surface area contributed by atoms with Crippen LogP contribution in [0.1, 0.15) is 18.4 Å². The van der Waals surface area contributed by atoms with Gasteiger partial charge >= 0.3 is 0 Å². The molecule has 84 valence electrons. The first kappa shape index (κ1) is 10.2. The third-order valence-electron chi connectivity index (χ3n) is 3.83. The van der Waals surface area contributed by atoms with Gasteiger partial charge in [0, 0.05) is 12.0 Å². The molecule has 0 bridgehead atoms. The quantitative estimate of drug-likeness (QED) is 0.761. The molecule has 0 amide bonds. The fourth-order valence-corrected chi connectivity index (χ4v) is 3.11. The molecule has 3 atom stereocenters. The zero-order valence-corrected chi connectivity index (χ0v) is 10.2. The summed E-state index contributed by atoms with van der Waals surface area (Å²) in [6, 6.07) is 6.80. The molecule has 2 aliphatic rings. The third-order valence-corrected chi connectivity index (χ3v) is 4.14. The van der Waals surface area contributed by atoms with E-state index in [9.17, 15) is 0 Å². The smallest absolute Gasteiger partial charge is 0.0640 e. The van der Waals surface area contributed by atoms with Gasteiger partial charge in [0.25, 0.3) is 0 Å². The number of hydrogen-bond donors (Lipinski definition) is 1. The Morgan fingerprint density at radius 1 is 1.38 bits per heavy atom. The maximum Gasteiger partial charge on any atom is 0.0640 e. The number of aryl methyl sites for hydroxylation is 1. The Bertz CT molecular complexity index is 438. The second-order valence-corrected chi connectivity index (χ2v) is 5.38. The van der Waals surface area contributed by atoms with E-state index in [1.165, 1.54) is 18.4 Å². The first-order chi connectivity index (χ1) is 7.74. The molecule has 3 rings (SSSR count). The third kappa shape index (κ3) is 1.63. The van der Waals surface area contributed by atoms with Gasteiger partial charge in [-0.05, 0) is 43.4 Å². The van der Waals surface area contributed by atoms with Gasteiger partial charge in [-0.15, -0.1) is 0 Å². The highest BCUT2D eigenvalue weighted by Crippen LogP contribution is 2.44. The van der Waals surface area contributed by atoms with Crippen LogP contribution < -0.4 is 5.32 Å². The predicted octanol–water partition coefficient (Wildman–Crippen LogP) is 4.02. The van der Waals surface area contributed by atoms with Crippen LogP contribution in [0.25, 0.3) is 0 Å². The van der Waals surface area contributed by atoms with Crippen molar-refractivity contribution in [2.24, 2.45) is 11.8 Å². The average molecular weight is 234 g/mol. The van der Waals surface area contributed by atoms with Crippen molar-refractivity contribution in [1.82, 2.24) is 0 Å². The molecule has 1 saturated carbocycles. The monoisotopic (exact) mass is 233 g/mol. The molecule has 0 radical (unpaired) electrons. The van der Waals surface area contributed by atoms with Crippen LogP contribution in [0.2, 0.25) is 5.02 Å². The van der Waals surface area contributed by atoms with Gasteiger partial charge in [0.1, 0.15) is 0 Å². The maximum atomic E-state index is 6.22. The molecule has 2 heteroatoms. The van der Waals surface area contributed by atoms with Crippen LogP contribution in [0.3, 0.4) is 0 Å². The Kier molecular flexibility index (Phi) is 2.44. The molecule has 0 aromatic heterocycles. The number of halogens is 1. The van der Waals surface area contributed by atoms with E-state index in [1.54, 1.807) is 0 Å². The molecule has 0 saturated heterocycles. The molecule has 16 heavy (non-hydrogen) atoms. The summed E-state index contributed by atoms with van der Waals surface area (Å²) < 4.78 is 0. The van der Waals surface area contributed by atoms with Crippen molar-refractivity contribution >= 4 is 17.3 Å².